The quantitative estimate of drug-likeness (QED) is 0.919. The number of aromatic nitrogens is 2. The Morgan fingerprint density at radius 2 is 2.12 bits per heavy atom. The average molecular weight is 277 g/mol. The highest BCUT2D eigenvalue weighted by atomic mass is 35.5. The van der Waals surface area contributed by atoms with Crippen LogP contribution >= 0.6 is 24.0 Å². The molecule has 1 N–H and O–H groups in total. The number of rotatable bonds is 3. The highest BCUT2D eigenvalue weighted by Crippen LogP contribution is 2.12. The molecule has 1 fully saturated rings. The van der Waals surface area contributed by atoms with E-state index in [1.54, 1.807) is 12.4 Å². The van der Waals surface area contributed by atoms with Crippen molar-refractivity contribution >= 4 is 30.0 Å². The van der Waals surface area contributed by atoms with E-state index in [1.807, 2.05) is 7.05 Å². The van der Waals surface area contributed by atoms with E-state index in [9.17, 15) is 0 Å². The number of nitrogens with one attached hydrogen (secondary N) is 1. The molecular formula is C11H18Cl2N4. The first-order chi connectivity index (χ1) is 7.75. The Hall–Kier alpha value is -0.580. The summed E-state index contributed by atoms with van der Waals surface area (Å²) in [6, 6.07) is 0.554. The van der Waals surface area contributed by atoms with Gasteiger partial charge in [-0.2, -0.15) is 0 Å². The molecule has 0 spiro atoms. The maximum absolute atomic E-state index is 5.75. The normalized spacial score (nSPS) is 19.5. The van der Waals surface area contributed by atoms with E-state index in [4.69, 9.17) is 11.6 Å². The van der Waals surface area contributed by atoms with Gasteiger partial charge in [-0.1, -0.05) is 18.0 Å². The summed E-state index contributed by atoms with van der Waals surface area (Å²) >= 11 is 5.75. The summed E-state index contributed by atoms with van der Waals surface area (Å²) in [6.07, 6.45) is 7.10. The Kier molecular flexibility index (Phi) is 5.95. The van der Waals surface area contributed by atoms with Crippen molar-refractivity contribution in [3.63, 3.8) is 0 Å². The second-order valence-corrected chi connectivity index (χ2v) is 4.67. The van der Waals surface area contributed by atoms with E-state index in [2.05, 4.69) is 20.2 Å². The number of likely N-dealkylation sites (N-methyl/N-ethyl adjacent to an activating group) is 1. The lowest BCUT2D eigenvalue weighted by atomic mass is 10.0. The van der Waals surface area contributed by atoms with Crippen LogP contribution in [0.3, 0.4) is 0 Å². The van der Waals surface area contributed by atoms with Crippen molar-refractivity contribution in [2.45, 2.75) is 25.3 Å². The van der Waals surface area contributed by atoms with Gasteiger partial charge in [0.05, 0.1) is 17.4 Å². The van der Waals surface area contributed by atoms with Crippen molar-refractivity contribution in [2.24, 2.45) is 0 Å². The zero-order chi connectivity index (χ0) is 11.4. The molecule has 0 saturated carbocycles. The van der Waals surface area contributed by atoms with Crippen LogP contribution in [0.25, 0.3) is 0 Å². The molecule has 96 valence electrons. The number of anilines is 1. The predicted molar refractivity (Wildman–Crippen MR) is 73.2 cm³/mol. The smallest absolute Gasteiger partial charge is 0.225 e. The Balaban J connectivity index is 0.00000144. The maximum atomic E-state index is 5.75. The third-order valence-corrected chi connectivity index (χ3v) is 3.05. The number of halogens is 2. The number of piperidine rings is 1. The SMILES string of the molecule is CN(CC1CCCCN1)c1ncc(Cl)cn1.Cl. The molecular weight excluding hydrogens is 259 g/mol. The van der Waals surface area contributed by atoms with Crippen molar-refractivity contribution in [3.05, 3.63) is 17.4 Å². The summed E-state index contributed by atoms with van der Waals surface area (Å²) in [6.45, 7) is 2.07. The van der Waals surface area contributed by atoms with Crippen LogP contribution in [-0.4, -0.2) is 36.1 Å². The molecule has 4 nitrogen and oxygen atoms in total. The average Bonchev–Trinajstić information content (AvgIpc) is 2.31. The highest BCUT2D eigenvalue weighted by Gasteiger charge is 2.15. The number of hydrogen-bond acceptors (Lipinski definition) is 4. The molecule has 2 heterocycles. The van der Waals surface area contributed by atoms with Gasteiger partial charge in [0.1, 0.15) is 0 Å². The Labute approximate surface area is 113 Å². The first kappa shape index (κ1) is 14.5. The van der Waals surface area contributed by atoms with Gasteiger partial charge in [0.25, 0.3) is 0 Å². The van der Waals surface area contributed by atoms with Crippen molar-refractivity contribution in [1.29, 1.82) is 0 Å². The molecule has 1 aromatic rings. The third kappa shape index (κ3) is 4.30. The molecule has 0 aromatic carbocycles. The standard InChI is InChI=1S/C11H17ClN4.ClH/c1-16(8-10-4-2-3-5-13-10)11-14-6-9(12)7-15-11;/h6-7,10,13H,2-5,8H2,1H3;1H. The van der Waals surface area contributed by atoms with E-state index < -0.39 is 0 Å². The van der Waals surface area contributed by atoms with Crippen molar-refractivity contribution in [1.82, 2.24) is 15.3 Å². The molecule has 1 aliphatic rings. The number of nitrogens with zero attached hydrogens (tertiary/aromatic N) is 3. The monoisotopic (exact) mass is 276 g/mol. The van der Waals surface area contributed by atoms with Crippen LogP contribution in [-0.2, 0) is 0 Å². The fourth-order valence-electron chi connectivity index (χ4n) is 1.99. The van der Waals surface area contributed by atoms with Crippen LogP contribution in [0.4, 0.5) is 5.95 Å². The summed E-state index contributed by atoms with van der Waals surface area (Å²) in [5.74, 6) is 0.733. The van der Waals surface area contributed by atoms with Gasteiger partial charge in [-0.3, -0.25) is 0 Å². The second-order valence-electron chi connectivity index (χ2n) is 4.23. The van der Waals surface area contributed by atoms with Gasteiger partial charge in [-0.15, -0.1) is 12.4 Å². The van der Waals surface area contributed by atoms with Gasteiger partial charge < -0.3 is 10.2 Å². The fraction of sp³-hybridized carbons (Fsp3) is 0.636. The Bertz CT molecular complexity index is 325. The molecule has 1 aromatic heterocycles. The van der Waals surface area contributed by atoms with E-state index in [-0.39, 0.29) is 12.4 Å². The van der Waals surface area contributed by atoms with E-state index in [0.29, 0.717) is 11.1 Å². The molecule has 1 atom stereocenters. The van der Waals surface area contributed by atoms with Gasteiger partial charge in [0, 0.05) is 19.6 Å². The van der Waals surface area contributed by atoms with Gasteiger partial charge >= 0.3 is 0 Å². The van der Waals surface area contributed by atoms with Crippen molar-refractivity contribution in [2.75, 3.05) is 25.0 Å². The first-order valence-corrected chi connectivity index (χ1v) is 6.05. The van der Waals surface area contributed by atoms with Gasteiger partial charge in [-0.05, 0) is 19.4 Å². The summed E-state index contributed by atoms with van der Waals surface area (Å²) < 4.78 is 0. The molecule has 6 heteroatoms. The maximum Gasteiger partial charge on any atom is 0.225 e. The van der Waals surface area contributed by atoms with Crippen LogP contribution in [0.2, 0.25) is 5.02 Å². The van der Waals surface area contributed by atoms with Gasteiger partial charge in [0.15, 0.2) is 0 Å². The van der Waals surface area contributed by atoms with Crippen LogP contribution in [0.5, 0.6) is 0 Å². The fourth-order valence-corrected chi connectivity index (χ4v) is 2.09. The minimum Gasteiger partial charge on any atom is -0.342 e. The van der Waals surface area contributed by atoms with Crippen LogP contribution in [0, 0.1) is 0 Å². The Morgan fingerprint density at radius 3 is 2.71 bits per heavy atom. The second kappa shape index (κ2) is 6.99. The number of hydrogen-bond donors (Lipinski definition) is 1. The molecule has 0 amide bonds. The molecule has 2 rings (SSSR count). The predicted octanol–water partition coefficient (Wildman–Crippen LogP) is 2.13. The minimum atomic E-state index is 0. The molecule has 0 bridgehead atoms. The molecule has 1 aliphatic heterocycles. The molecule has 1 saturated heterocycles. The summed E-state index contributed by atoms with van der Waals surface area (Å²) in [4.78, 5) is 10.5. The zero-order valence-electron chi connectivity index (χ0n) is 9.90. The zero-order valence-corrected chi connectivity index (χ0v) is 11.5. The molecule has 17 heavy (non-hydrogen) atoms. The molecule has 1 unspecified atom stereocenters. The Morgan fingerprint density at radius 1 is 1.41 bits per heavy atom. The van der Waals surface area contributed by atoms with Crippen LogP contribution in [0.1, 0.15) is 19.3 Å². The van der Waals surface area contributed by atoms with Crippen LogP contribution < -0.4 is 10.2 Å². The lowest BCUT2D eigenvalue weighted by molar-refractivity contribution is 0.402. The lowest BCUT2D eigenvalue weighted by Crippen LogP contribution is -2.42. The van der Waals surface area contributed by atoms with E-state index in [0.717, 1.165) is 19.0 Å². The van der Waals surface area contributed by atoms with Gasteiger partial charge in [-0.25, -0.2) is 9.97 Å². The first-order valence-electron chi connectivity index (χ1n) is 5.68. The summed E-state index contributed by atoms with van der Waals surface area (Å²) in [5, 5.41) is 4.08. The minimum absolute atomic E-state index is 0. The largest absolute Gasteiger partial charge is 0.342 e. The summed E-state index contributed by atoms with van der Waals surface area (Å²) in [5.41, 5.74) is 0. The molecule has 0 radical (unpaired) electrons. The third-order valence-electron chi connectivity index (χ3n) is 2.85. The summed E-state index contributed by atoms with van der Waals surface area (Å²) in [7, 11) is 2.01. The van der Waals surface area contributed by atoms with E-state index >= 15 is 0 Å². The van der Waals surface area contributed by atoms with Gasteiger partial charge in [0.2, 0.25) is 5.95 Å². The van der Waals surface area contributed by atoms with E-state index in [1.165, 1.54) is 19.3 Å². The molecule has 0 aliphatic carbocycles. The van der Waals surface area contributed by atoms with Crippen molar-refractivity contribution in [3.8, 4) is 0 Å². The lowest BCUT2D eigenvalue weighted by Gasteiger charge is -2.28. The van der Waals surface area contributed by atoms with Crippen LogP contribution in [0.15, 0.2) is 12.4 Å². The topological polar surface area (TPSA) is 41.0 Å². The van der Waals surface area contributed by atoms with Crippen molar-refractivity contribution < 1.29 is 0 Å². The highest BCUT2D eigenvalue weighted by molar-refractivity contribution is 6.30.